The molecular weight excluding hydrogens is 424 g/mol. The Morgan fingerprint density at radius 2 is 1.53 bits per heavy atom. The second-order valence-corrected chi connectivity index (χ2v) is 9.95. The molecule has 5 rings (SSSR count). The van der Waals surface area contributed by atoms with Gasteiger partial charge in [0.05, 0.1) is 28.4 Å². The van der Waals surface area contributed by atoms with Gasteiger partial charge in [-0.25, -0.2) is 8.42 Å². The first kappa shape index (κ1) is 19.5. The minimum Gasteiger partial charge on any atom is -0.456 e. The number of rotatable bonds is 5. The molecule has 0 spiro atoms. The van der Waals surface area contributed by atoms with Gasteiger partial charge in [0.15, 0.2) is 0 Å². The molecule has 2 fully saturated rings. The monoisotopic (exact) mass is 444 g/mol. The third-order valence-corrected chi connectivity index (χ3v) is 8.20. The highest BCUT2D eigenvalue weighted by Crippen LogP contribution is 2.43. The van der Waals surface area contributed by atoms with Gasteiger partial charge in [0.1, 0.15) is 11.5 Å². The Morgan fingerprint density at radius 3 is 2.17 bits per heavy atom. The Bertz CT molecular complexity index is 1120. The fourth-order valence-electron chi connectivity index (χ4n) is 4.56. The molecule has 0 amide bonds. The van der Waals surface area contributed by atoms with E-state index in [-0.39, 0.29) is 23.0 Å². The lowest BCUT2D eigenvalue weighted by atomic mass is 10.0. The van der Waals surface area contributed by atoms with Crippen LogP contribution >= 0.6 is 11.6 Å². The van der Waals surface area contributed by atoms with Gasteiger partial charge in [0.2, 0.25) is 10.0 Å². The van der Waals surface area contributed by atoms with E-state index in [1.54, 1.807) is 57.9 Å². The molecule has 3 heterocycles. The van der Waals surface area contributed by atoms with E-state index in [1.165, 1.54) is 0 Å². The number of fused-ring (bicyclic) bond motifs is 2. The molecule has 0 N–H and O–H groups in total. The van der Waals surface area contributed by atoms with E-state index in [0.717, 1.165) is 25.7 Å². The standard InChI is InChI=1S/C21H21ClN4O3S/c22-20-3-1-2-4-21(20)29-18-7-9-19(10-8-18)30(27,28)25-15-5-6-16(25)14-17(13-15)26-23-11-12-24-26/h1-4,7-12,15-17H,5-6,13-14H2. The number of sulfonamides is 1. The second kappa shape index (κ2) is 7.68. The number of hydrogen-bond donors (Lipinski definition) is 0. The average Bonchev–Trinajstić information content (AvgIpc) is 3.37. The highest BCUT2D eigenvalue weighted by Gasteiger charge is 2.48. The number of aromatic nitrogens is 3. The van der Waals surface area contributed by atoms with Crippen LogP contribution in [0.1, 0.15) is 31.7 Å². The summed E-state index contributed by atoms with van der Waals surface area (Å²) in [7, 11) is -3.59. The summed E-state index contributed by atoms with van der Waals surface area (Å²) in [6.07, 6.45) is 6.54. The van der Waals surface area contributed by atoms with Gasteiger partial charge in [-0.2, -0.15) is 19.3 Å². The molecule has 7 nitrogen and oxygen atoms in total. The van der Waals surface area contributed by atoms with Crippen molar-refractivity contribution in [2.45, 2.75) is 48.7 Å². The van der Waals surface area contributed by atoms with E-state index in [2.05, 4.69) is 10.2 Å². The quantitative estimate of drug-likeness (QED) is 0.587. The SMILES string of the molecule is O=S(=O)(c1ccc(Oc2ccccc2Cl)cc1)N1C2CCC1CC(n1nccn1)C2. The summed E-state index contributed by atoms with van der Waals surface area (Å²) in [6.45, 7) is 0. The maximum absolute atomic E-state index is 13.4. The van der Waals surface area contributed by atoms with E-state index >= 15 is 0 Å². The van der Waals surface area contributed by atoms with Crippen LogP contribution in [-0.2, 0) is 10.0 Å². The molecule has 1 aromatic heterocycles. The van der Waals surface area contributed by atoms with Gasteiger partial charge >= 0.3 is 0 Å². The van der Waals surface area contributed by atoms with Crippen LogP contribution in [0, 0.1) is 0 Å². The highest BCUT2D eigenvalue weighted by molar-refractivity contribution is 7.89. The van der Waals surface area contributed by atoms with Gasteiger partial charge in [0, 0.05) is 12.1 Å². The maximum Gasteiger partial charge on any atom is 0.243 e. The summed E-state index contributed by atoms with van der Waals surface area (Å²) in [4.78, 5) is 2.00. The number of hydrogen-bond acceptors (Lipinski definition) is 5. The lowest BCUT2D eigenvalue weighted by molar-refractivity contribution is 0.174. The van der Waals surface area contributed by atoms with Crippen molar-refractivity contribution in [2.75, 3.05) is 0 Å². The first-order valence-electron chi connectivity index (χ1n) is 9.94. The van der Waals surface area contributed by atoms with Gasteiger partial charge in [-0.1, -0.05) is 23.7 Å². The predicted molar refractivity (Wildman–Crippen MR) is 112 cm³/mol. The van der Waals surface area contributed by atoms with Crippen molar-refractivity contribution in [2.24, 2.45) is 0 Å². The first-order chi connectivity index (χ1) is 14.5. The summed E-state index contributed by atoms with van der Waals surface area (Å²) in [5.41, 5.74) is 0. The predicted octanol–water partition coefficient (Wildman–Crippen LogP) is 4.28. The summed E-state index contributed by atoms with van der Waals surface area (Å²) in [5, 5.41) is 8.99. The number of piperidine rings is 1. The first-order valence-corrected chi connectivity index (χ1v) is 11.8. The summed E-state index contributed by atoms with van der Waals surface area (Å²) < 4.78 is 34.3. The zero-order valence-electron chi connectivity index (χ0n) is 16.1. The third-order valence-electron chi connectivity index (χ3n) is 5.87. The number of para-hydroxylation sites is 1. The molecule has 3 aromatic rings. The summed E-state index contributed by atoms with van der Waals surface area (Å²) in [5.74, 6) is 1.07. The maximum atomic E-state index is 13.4. The molecule has 9 heteroatoms. The van der Waals surface area contributed by atoms with Crippen molar-refractivity contribution in [1.29, 1.82) is 0 Å². The second-order valence-electron chi connectivity index (χ2n) is 7.70. The zero-order chi connectivity index (χ0) is 20.7. The lowest BCUT2D eigenvalue weighted by Crippen LogP contribution is -2.47. The van der Waals surface area contributed by atoms with Crippen LogP contribution in [0.4, 0.5) is 0 Å². The lowest BCUT2D eigenvalue weighted by Gasteiger charge is -2.37. The van der Waals surface area contributed by atoms with E-state index in [0.29, 0.717) is 16.5 Å². The Kier molecular flexibility index (Phi) is 5.00. The molecule has 30 heavy (non-hydrogen) atoms. The minimum absolute atomic E-state index is 0.0243. The number of nitrogens with zero attached hydrogens (tertiary/aromatic N) is 4. The Hall–Kier alpha value is -2.42. The fraction of sp³-hybridized carbons (Fsp3) is 0.333. The van der Waals surface area contributed by atoms with Crippen LogP contribution in [0.15, 0.2) is 65.8 Å². The fourth-order valence-corrected chi connectivity index (χ4v) is 6.62. The van der Waals surface area contributed by atoms with Crippen LogP contribution in [0.3, 0.4) is 0 Å². The van der Waals surface area contributed by atoms with Crippen LogP contribution in [0.2, 0.25) is 5.02 Å². The normalized spacial score (nSPS) is 24.1. The topological polar surface area (TPSA) is 77.3 Å². The van der Waals surface area contributed by atoms with E-state index in [1.807, 2.05) is 12.1 Å². The van der Waals surface area contributed by atoms with Gasteiger partial charge < -0.3 is 4.74 Å². The molecule has 0 saturated carbocycles. The molecule has 0 radical (unpaired) electrons. The minimum atomic E-state index is -3.59. The molecule has 2 aliphatic heterocycles. The molecule has 2 saturated heterocycles. The number of halogens is 1. The van der Waals surface area contributed by atoms with Crippen LogP contribution in [0.25, 0.3) is 0 Å². The van der Waals surface area contributed by atoms with Crippen molar-refractivity contribution >= 4 is 21.6 Å². The third kappa shape index (κ3) is 3.49. The van der Waals surface area contributed by atoms with E-state index in [4.69, 9.17) is 16.3 Å². The Labute approximate surface area is 180 Å². The average molecular weight is 445 g/mol. The Balaban J connectivity index is 1.35. The van der Waals surface area contributed by atoms with E-state index < -0.39 is 10.0 Å². The van der Waals surface area contributed by atoms with Crippen LogP contribution in [-0.4, -0.2) is 39.8 Å². The van der Waals surface area contributed by atoms with Crippen LogP contribution < -0.4 is 4.74 Å². The van der Waals surface area contributed by atoms with Crippen molar-refractivity contribution in [3.05, 3.63) is 65.9 Å². The van der Waals surface area contributed by atoms with Crippen molar-refractivity contribution in [1.82, 2.24) is 19.3 Å². The molecule has 2 aromatic carbocycles. The van der Waals surface area contributed by atoms with Gasteiger partial charge in [-0.05, 0) is 62.1 Å². The molecule has 156 valence electrons. The number of benzene rings is 2. The molecule has 2 aliphatic rings. The van der Waals surface area contributed by atoms with Gasteiger partial charge in [-0.3, -0.25) is 0 Å². The summed E-state index contributed by atoms with van der Waals surface area (Å²) in [6, 6.07) is 13.8. The summed E-state index contributed by atoms with van der Waals surface area (Å²) >= 11 is 6.13. The van der Waals surface area contributed by atoms with Gasteiger partial charge in [0.25, 0.3) is 0 Å². The molecule has 2 bridgehead atoms. The number of ether oxygens (including phenoxy) is 1. The molecule has 0 aliphatic carbocycles. The smallest absolute Gasteiger partial charge is 0.243 e. The molecule has 2 atom stereocenters. The molecular formula is C21H21ClN4O3S. The van der Waals surface area contributed by atoms with E-state index in [9.17, 15) is 8.42 Å². The zero-order valence-corrected chi connectivity index (χ0v) is 17.7. The van der Waals surface area contributed by atoms with Crippen molar-refractivity contribution in [3.63, 3.8) is 0 Å². The molecule has 2 unspecified atom stereocenters. The highest BCUT2D eigenvalue weighted by atomic mass is 35.5. The van der Waals surface area contributed by atoms with Crippen molar-refractivity contribution < 1.29 is 13.2 Å². The Morgan fingerprint density at radius 1 is 0.900 bits per heavy atom. The van der Waals surface area contributed by atoms with Crippen molar-refractivity contribution in [3.8, 4) is 11.5 Å². The van der Waals surface area contributed by atoms with Crippen LogP contribution in [0.5, 0.6) is 11.5 Å². The largest absolute Gasteiger partial charge is 0.456 e. The van der Waals surface area contributed by atoms with Gasteiger partial charge in [-0.15, -0.1) is 0 Å².